The summed E-state index contributed by atoms with van der Waals surface area (Å²) >= 11 is 0. The molecule has 9 nitrogen and oxygen atoms in total. The van der Waals surface area contributed by atoms with Crippen LogP contribution >= 0.6 is 0 Å². The number of hydrogen-bond donors (Lipinski definition) is 1. The third kappa shape index (κ3) is 7.54. The molecule has 0 spiro atoms. The Balaban J connectivity index is 1.47. The highest BCUT2D eigenvalue weighted by atomic mass is 19.4. The fourth-order valence-corrected chi connectivity index (χ4v) is 5.65. The summed E-state index contributed by atoms with van der Waals surface area (Å²) in [5, 5.41) is 2.67. The first kappa shape index (κ1) is 32.2. The van der Waals surface area contributed by atoms with Crippen LogP contribution in [0.2, 0.25) is 0 Å². The fourth-order valence-electron chi connectivity index (χ4n) is 5.65. The van der Waals surface area contributed by atoms with Crippen molar-refractivity contribution in [2.45, 2.75) is 19.6 Å². The number of rotatable bonds is 7. The number of carbonyl (C=O) groups is 2. The minimum Gasteiger partial charge on any atom is -0.481 e. The number of amides is 2. The Morgan fingerprint density at radius 1 is 0.956 bits per heavy atom. The summed E-state index contributed by atoms with van der Waals surface area (Å²) < 4.78 is 61.9. The molecule has 240 valence electrons. The lowest BCUT2D eigenvalue weighted by molar-refractivity contribution is -0.138. The maximum absolute atomic E-state index is 15.3. The number of halogens is 4. The van der Waals surface area contributed by atoms with Gasteiger partial charge in [0.15, 0.2) is 0 Å². The summed E-state index contributed by atoms with van der Waals surface area (Å²) in [5.74, 6) is -1.69. The van der Waals surface area contributed by atoms with Gasteiger partial charge in [-0.15, -0.1) is 0 Å². The summed E-state index contributed by atoms with van der Waals surface area (Å²) in [6, 6.07) is 10.7. The van der Waals surface area contributed by atoms with Crippen molar-refractivity contribution in [2.75, 3.05) is 76.7 Å². The van der Waals surface area contributed by atoms with E-state index in [0.717, 1.165) is 24.8 Å². The highest BCUT2D eigenvalue weighted by molar-refractivity contribution is 6.07. The van der Waals surface area contributed by atoms with E-state index in [0.29, 0.717) is 68.7 Å². The molecule has 2 fully saturated rings. The van der Waals surface area contributed by atoms with Crippen molar-refractivity contribution in [2.24, 2.45) is 0 Å². The lowest BCUT2D eigenvalue weighted by Crippen LogP contribution is -2.47. The number of aromatic nitrogens is 1. The van der Waals surface area contributed by atoms with Gasteiger partial charge in [0, 0.05) is 83.7 Å². The molecule has 2 amide bonds. The normalized spacial score (nSPS) is 16.5. The Bertz CT molecular complexity index is 1550. The van der Waals surface area contributed by atoms with Crippen molar-refractivity contribution < 1.29 is 31.9 Å². The number of methoxy groups -OCH3 is 1. The number of ether oxygens (including phenoxy) is 1. The van der Waals surface area contributed by atoms with Gasteiger partial charge in [0.25, 0.3) is 5.91 Å². The lowest BCUT2D eigenvalue weighted by atomic mass is 10.00. The van der Waals surface area contributed by atoms with Crippen LogP contribution in [0.4, 0.5) is 28.9 Å². The van der Waals surface area contributed by atoms with Gasteiger partial charge in [-0.3, -0.25) is 14.5 Å². The summed E-state index contributed by atoms with van der Waals surface area (Å²) in [7, 11) is 3.19. The number of piperazine rings is 2. The zero-order valence-corrected chi connectivity index (χ0v) is 25.5. The van der Waals surface area contributed by atoms with E-state index in [1.165, 1.54) is 13.2 Å². The van der Waals surface area contributed by atoms with Gasteiger partial charge in [-0.1, -0.05) is 12.1 Å². The van der Waals surface area contributed by atoms with Gasteiger partial charge in [-0.25, -0.2) is 9.37 Å². The van der Waals surface area contributed by atoms with E-state index in [1.807, 2.05) is 11.9 Å². The Kier molecular flexibility index (Phi) is 9.59. The molecule has 0 bridgehead atoms. The molecule has 0 atom stereocenters. The third-order valence-corrected chi connectivity index (χ3v) is 8.29. The maximum atomic E-state index is 15.3. The molecule has 1 aromatic heterocycles. The van der Waals surface area contributed by atoms with Crippen molar-refractivity contribution >= 4 is 23.2 Å². The molecule has 2 aromatic carbocycles. The molecule has 5 rings (SSSR count). The van der Waals surface area contributed by atoms with Gasteiger partial charge in [0.05, 0.1) is 29.6 Å². The van der Waals surface area contributed by atoms with Crippen molar-refractivity contribution in [1.82, 2.24) is 19.7 Å². The van der Waals surface area contributed by atoms with Crippen LogP contribution in [0.25, 0.3) is 11.1 Å². The Labute approximate surface area is 259 Å². The number of hydrogen-bond acceptors (Lipinski definition) is 7. The molecule has 0 unspecified atom stereocenters. The molecule has 1 N–H and O–H groups in total. The number of nitrogens with one attached hydrogen (secondary N) is 1. The Morgan fingerprint density at radius 3 is 2.31 bits per heavy atom. The predicted molar refractivity (Wildman–Crippen MR) is 163 cm³/mol. The average molecular weight is 629 g/mol. The minimum absolute atomic E-state index is 0.0412. The summed E-state index contributed by atoms with van der Waals surface area (Å²) in [6.07, 6.45) is -3.98. The average Bonchev–Trinajstić information content (AvgIpc) is 3.02. The van der Waals surface area contributed by atoms with Crippen molar-refractivity contribution in [1.29, 1.82) is 0 Å². The summed E-state index contributed by atoms with van der Waals surface area (Å²) in [6.45, 7) is 7.54. The smallest absolute Gasteiger partial charge is 0.417 e. The molecule has 0 saturated carbocycles. The molecule has 3 aromatic rings. The van der Waals surface area contributed by atoms with Crippen LogP contribution in [0.1, 0.15) is 28.4 Å². The predicted octanol–water partition coefficient (Wildman–Crippen LogP) is 4.58. The van der Waals surface area contributed by atoms with Gasteiger partial charge in [-0.05, 0) is 42.4 Å². The largest absolute Gasteiger partial charge is 0.481 e. The second-order valence-electron chi connectivity index (χ2n) is 11.3. The first-order valence-corrected chi connectivity index (χ1v) is 14.7. The number of benzene rings is 2. The van der Waals surface area contributed by atoms with Gasteiger partial charge in [0.2, 0.25) is 11.8 Å². The molecule has 13 heteroatoms. The molecular weight excluding hydrogens is 592 g/mol. The second kappa shape index (κ2) is 13.4. The van der Waals surface area contributed by atoms with Crippen LogP contribution in [-0.4, -0.2) is 98.0 Å². The maximum Gasteiger partial charge on any atom is 0.417 e. The van der Waals surface area contributed by atoms with Crippen LogP contribution < -0.4 is 15.0 Å². The minimum atomic E-state index is -4.83. The van der Waals surface area contributed by atoms with E-state index in [-0.39, 0.29) is 17.5 Å². The molecule has 45 heavy (non-hydrogen) atoms. The molecular formula is C32H36F4N6O3. The molecule has 0 aliphatic carbocycles. The number of alkyl halides is 3. The van der Waals surface area contributed by atoms with Crippen molar-refractivity contribution in [3.8, 4) is 17.0 Å². The first-order chi connectivity index (χ1) is 21.4. The van der Waals surface area contributed by atoms with E-state index in [2.05, 4.69) is 20.1 Å². The number of nitrogens with zero attached hydrogens (tertiary/aromatic N) is 5. The second-order valence-corrected chi connectivity index (χ2v) is 11.3. The number of carbonyl (C=O) groups excluding carboxylic acids is 2. The summed E-state index contributed by atoms with van der Waals surface area (Å²) in [5.41, 5.74) is 0.690. The van der Waals surface area contributed by atoms with Crippen LogP contribution in [0, 0.1) is 5.82 Å². The topological polar surface area (TPSA) is 81.2 Å². The molecule has 3 heterocycles. The fraction of sp³-hybridized carbons (Fsp3) is 0.406. The van der Waals surface area contributed by atoms with E-state index >= 15 is 4.39 Å². The molecule has 2 saturated heterocycles. The van der Waals surface area contributed by atoms with Crippen LogP contribution in [0.5, 0.6) is 5.88 Å². The molecule has 0 radical (unpaired) electrons. The molecule has 2 aliphatic heterocycles. The van der Waals surface area contributed by atoms with E-state index < -0.39 is 29.0 Å². The lowest BCUT2D eigenvalue weighted by Gasteiger charge is -2.35. The quantitative estimate of drug-likeness (QED) is 0.384. The number of pyridine rings is 1. The van der Waals surface area contributed by atoms with E-state index in [9.17, 15) is 22.8 Å². The zero-order chi connectivity index (χ0) is 32.3. The highest BCUT2D eigenvalue weighted by Crippen LogP contribution is 2.37. The van der Waals surface area contributed by atoms with Crippen LogP contribution in [0.3, 0.4) is 0 Å². The van der Waals surface area contributed by atoms with Gasteiger partial charge < -0.3 is 24.8 Å². The molecule has 2 aliphatic rings. The van der Waals surface area contributed by atoms with E-state index in [1.54, 1.807) is 42.2 Å². The monoisotopic (exact) mass is 628 g/mol. The van der Waals surface area contributed by atoms with Crippen LogP contribution in [0.15, 0.2) is 48.7 Å². The SMILES string of the molecule is COc1cc(C(F)(F)F)c(C(=O)Nc2cc(-c3cc(CN4CCN(C(C)=O)CC4)ccc3F)ccc2N2CCN(C)CC2)cn1. The number of anilines is 2. The third-order valence-electron chi connectivity index (χ3n) is 8.29. The standard InChI is InChI=1S/C32H36F4N6O3/c1-21(43)41-14-10-40(11-15-41)20-22-4-6-27(33)24(16-22)23-5-7-29(42-12-8-39(2)9-13-42)28(17-23)38-31(44)25-19-37-30(45-3)18-26(25)32(34,35)36/h4-7,16-19H,8-15,20H2,1-3H3,(H,38,44). The van der Waals surface area contributed by atoms with Crippen molar-refractivity contribution in [3.63, 3.8) is 0 Å². The van der Waals surface area contributed by atoms with Gasteiger partial charge in [-0.2, -0.15) is 13.2 Å². The van der Waals surface area contributed by atoms with E-state index in [4.69, 9.17) is 4.74 Å². The highest BCUT2D eigenvalue weighted by Gasteiger charge is 2.36. The van der Waals surface area contributed by atoms with Gasteiger partial charge >= 0.3 is 6.18 Å². The zero-order valence-electron chi connectivity index (χ0n) is 25.5. The Hall–Kier alpha value is -4.23. The summed E-state index contributed by atoms with van der Waals surface area (Å²) in [4.78, 5) is 37.1. The van der Waals surface area contributed by atoms with Crippen molar-refractivity contribution in [3.05, 3.63) is 71.2 Å². The first-order valence-electron chi connectivity index (χ1n) is 14.7. The van der Waals surface area contributed by atoms with Crippen LogP contribution in [-0.2, 0) is 17.5 Å². The number of likely N-dealkylation sites (N-methyl/N-ethyl adjacent to an activating group) is 1. The van der Waals surface area contributed by atoms with Gasteiger partial charge in [0.1, 0.15) is 5.82 Å². The Morgan fingerprint density at radius 2 is 1.67 bits per heavy atom.